The van der Waals surface area contributed by atoms with Crippen LogP contribution in [0.5, 0.6) is 0 Å². The van der Waals surface area contributed by atoms with Gasteiger partial charge >= 0.3 is 6.03 Å². The molecule has 3 amide bonds. The lowest BCUT2D eigenvalue weighted by Crippen LogP contribution is -2.44. The van der Waals surface area contributed by atoms with Crippen LogP contribution in [-0.4, -0.2) is 27.9 Å². The van der Waals surface area contributed by atoms with Crippen LogP contribution < -0.4 is 10.6 Å². The molecule has 2 atom stereocenters. The third-order valence-electron chi connectivity index (χ3n) is 2.32. The van der Waals surface area contributed by atoms with Gasteiger partial charge < -0.3 is 5.32 Å². The van der Waals surface area contributed by atoms with Crippen LogP contribution in [0.3, 0.4) is 0 Å². The number of hydrogen-bond donors (Lipinski definition) is 2. The summed E-state index contributed by atoms with van der Waals surface area (Å²) in [6, 6.07) is 4.85. The van der Waals surface area contributed by atoms with Gasteiger partial charge in [0.15, 0.2) is 0 Å². The van der Waals surface area contributed by atoms with Crippen LogP contribution in [0.25, 0.3) is 0 Å². The molecule has 0 bridgehead atoms. The van der Waals surface area contributed by atoms with E-state index >= 15 is 0 Å². The van der Waals surface area contributed by atoms with Gasteiger partial charge in [0.2, 0.25) is 5.91 Å². The molecule has 2 N–H and O–H groups in total. The molecule has 1 rings (SSSR count). The maximum Gasteiger partial charge on any atom is 0.321 e. The first kappa shape index (κ1) is 15.3. The highest BCUT2D eigenvalue weighted by atomic mass is 32.2. The molecule has 0 saturated heterocycles. The molecule has 2 unspecified atom stereocenters. The number of benzene rings is 1. The molecule has 0 aliphatic heterocycles. The van der Waals surface area contributed by atoms with Crippen molar-refractivity contribution in [3.8, 4) is 0 Å². The molecular formula is C12H15FN2O3S. The lowest BCUT2D eigenvalue weighted by Gasteiger charge is -2.12. The number of nitrogens with one attached hydrogen (secondary N) is 2. The summed E-state index contributed by atoms with van der Waals surface area (Å²) in [5.41, 5.74) is 0. The zero-order valence-corrected chi connectivity index (χ0v) is 11.4. The molecule has 0 aliphatic carbocycles. The van der Waals surface area contributed by atoms with E-state index in [1.165, 1.54) is 31.2 Å². The number of carbonyl (C=O) groups excluding carboxylic acids is 2. The smallest absolute Gasteiger partial charge is 0.321 e. The van der Waals surface area contributed by atoms with E-state index in [0.29, 0.717) is 6.54 Å². The number of carbonyl (C=O) groups is 2. The third-order valence-corrected chi connectivity index (χ3v) is 3.94. The van der Waals surface area contributed by atoms with Crippen molar-refractivity contribution in [2.75, 3.05) is 6.54 Å². The van der Waals surface area contributed by atoms with Crippen molar-refractivity contribution in [2.45, 2.75) is 24.0 Å². The molecule has 5 nitrogen and oxygen atoms in total. The molecular weight excluding hydrogens is 271 g/mol. The topological polar surface area (TPSA) is 75.3 Å². The second-order valence-corrected chi connectivity index (χ2v) is 5.46. The minimum Gasteiger partial charge on any atom is -0.338 e. The highest BCUT2D eigenvalue weighted by molar-refractivity contribution is 7.86. The quantitative estimate of drug-likeness (QED) is 0.872. The van der Waals surface area contributed by atoms with Crippen LogP contribution in [-0.2, 0) is 15.6 Å². The summed E-state index contributed by atoms with van der Waals surface area (Å²) in [5.74, 6) is -1.36. The molecule has 1 aromatic rings. The minimum atomic E-state index is -1.86. The van der Waals surface area contributed by atoms with Gasteiger partial charge in [0.25, 0.3) is 0 Å². The molecule has 0 saturated carbocycles. The van der Waals surface area contributed by atoms with Crippen molar-refractivity contribution in [1.29, 1.82) is 0 Å². The molecule has 0 fully saturated rings. The second kappa shape index (κ2) is 6.98. The summed E-state index contributed by atoms with van der Waals surface area (Å²) in [4.78, 5) is 22.8. The third kappa shape index (κ3) is 4.13. The van der Waals surface area contributed by atoms with E-state index in [1.54, 1.807) is 6.92 Å². The van der Waals surface area contributed by atoms with Gasteiger partial charge in [-0.05, 0) is 26.0 Å². The number of amides is 3. The van der Waals surface area contributed by atoms with E-state index in [0.717, 1.165) is 0 Å². The normalized spacial score (nSPS) is 13.4. The number of imide groups is 1. The summed E-state index contributed by atoms with van der Waals surface area (Å²) in [5, 5.41) is 3.40. The van der Waals surface area contributed by atoms with Gasteiger partial charge in [-0.3, -0.25) is 14.3 Å². The zero-order valence-electron chi connectivity index (χ0n) is 10.6. The van der Waals surface area contributed by atoms with E-state index in [2.05, 4.69) is 5.32 Å². The Labute approximate surface area is 113 Å². The largest absolute Gasteiger partial charge is 0.338 e. The average molecular weight is 286 g/mol. The fraction of sp³-hybridized carbons (Fsp3) is 0.333. The first-order valence-corrected chi connectivity index (χ1v) is 6.92. The van der Waals surface area contributed by atoms with E-state index < -0.39 is 33.8 Å². The van der Waals surface area contributed by atoms with Gasteiger partial charge in [-0.2, -0.15) is 0 Å². The fourth-order valence-corrected chi connectivity index (χ4v) is 2.42. The molecule has 19 heavy (non-hydrogen) atoms. The van der Waals surface area contributed by atoms with Crippen molar-refractivity contribution >= 4 is 22.7 Å². The maximum atomic E-state index is 13.4. The van der Waals surface area contributed by atoms with E-state index in [-0.39, 0.29) is 4.90 Å². The van der Waals surface area contributed by atoms with Gasteiger partial charge in [-0.1, -0.05) is 12.1 Å². The van der Waals surface area contributed by atoms with Crippen LogP contribution in [0, 0.1) is 5.82 Å². The van der Waals surface area contributed by atoms with Crippen LogP contribution in [0.1, 0.15) is 13.8 Å². The highest BCUT2D eigenvalue weighted by Gasteiger charge is 2.24. The summed E-state index contributed by atoms with van der Waals surface area (Å²) >= 11 is 0. The van der Waals surface area contributed by atoms with E-state index in [4.69, 9.17) is 0 Å². The van der Waals surface area contributed by atoms with E-state index in [9.17, 15) is 18.2 Å². The average Bonchev–Trinajstić information content (AvgIpc) is 2.37. The SMILES string of the molecule is CCNC(=O)NC(=O)C(C)S(=O)c1ccccc1F. The Morgan fingerprint density at radius 1 is 1.37 bits per heavy atom. The molecule has 104 valence electrons. The van der Waals surface area contributed by atoms with Gasteiger partial charge in [0.1, 0.15) is 11.1 Å². The molecule has 0 aliphatic rings. The molecule has 0 spiro atoms. The lowest BCUT2D eigenvalue weighted by atomic mass is 10.3. The maximum absolute atomic E-state index is 13.4. The second-order valence-electron chi connectivity index (χ2n) is 3.72. The molecule has 7 heteroatoms. The number of halogens is 1. The van der Waals surface area contributed by atoms with Crippen LogP contribution in [0.2, 0.25) is 0 Å². The molecule has 0 radical (unpaired) electrons. The first-order valence-electron chi connectivity index (χ1n) is 5.71. The zero-order chi connectivity index (χ0) is 14.4. The number of rotatable bonds is 4. The Hall–Kier alpha value is -1.76. The molecule has 0 heterocycles. The van der Waals surface area contributed by atoms with Crippen LogP contribution >= 0.6 is 0 Å². The summed E-state index contributed by atoms with van der Waals surface area (Å²) in [6.45, 7) is 3.44. The Kier molecular flexibility index (Phi) is 5.62. The minimum absolute atomic E-state index is 0.0546. The Bertz CT molecular complexity index is 508. The monoisotopic (exact) mass is 286 g/mol. The van der Waals surface area contributed by atoms with Gasteiger partial charge in [0.05, 0.1) is 15.7 Å². The van der Waals surface area contributed by atoms with Crippen molar-refractivity contribution in [1.82, 2.24) is 10.6 Å². The van der Waals surface area contributed by atoms with Crippen LogP contribution in [0.15, 0.2) is 29.2 Å². The van der Waals surface area contributed by atoms with Crippen molar-refractivity contribution in [3.63, 3.8) is 0 Å². The van der Waals surface area contributed by atoms with E-state index in [1.807, 2.05) is 5.32 Å². The van der Waals surface area contributed by atoms with Gasteiger partial charge in [-0.15, -0.1) is 0 Å². The molecule has 1 aromatic carbocycles. The van der Waals surface area contributed by atoms with Crippen molar-refractivity contribution in [2.24, 2.45) is 0 Å². The lowest BCUT2D eigenvalue weighted by molar-refractivity contribution is -0.119. The fourth-order valence-electron chi connectivity index (χ4n) is 1.31. The number of hydrogen-bond acceptors (Lipinski definition) is 3. The van der Waals surface area contributed by atoms with Crippen molar-refractivity contribution < 1.29 is 18.2 Å². The highest BCUT2D eigenvalue weighted by Crippen LogP contribution is 2.15. The summed E-state index contributed by atoms with van der Waals surface area (Å²) in [7, 11) is -1.86. The van der Waals surface area contributed by atoms with Gasteiger partial charge in [0, 0.05) is 6.54 Å². The predicted octanol–water partition coefficient (Wildman–Crippen LogP) is 1.17. The van der Waals surface area contributed by atoms with Crippen LogP contribution in [0.4, 0.5) is 9.18 Å². The first-order chi connectivity index (χ1) is 8.97. The standard InChI is InChI=1S/C12H15FN2O3S/c1-3-14-12(17)15-11(16)8(2)19(18)10-7-5-4-6-9(10)13/h4-8H,3H2,1-2H3,(H2,14,15,16,17). The summed E-state index contributed by atoms with van der Waals surface area (Å²) < 4.78 is 25.5. The Morgan fingerprint density at radius 3 is 2.58 bits per heavy atom. The Balaban J connectivity index is 2.75. The molecule has 0 aromatic heterocycles. The number of urea groups is 1. The summed E-state index contributed by atoms with van der Waals surface area (Å²) in [6.07, 6.45) is 0. The predicted molar refractivity (Wildman–Crippen MR) is 69.5 cm³/mol. The Morgan fingerprint density at radius 2 is 2.00 bits per heavy atom. The van der Waals surface area contributed by atoms with Crippen molar-refractivity contribution in [3.05, 3.63) is 30.1 Å². The van der Waals surface area contributed by atoms with Gasteiger partial charge in [-0.25, -0.2) is 9.18 Å².